The highest BCUT2D eigenvalue weighted by Gasteiger charge is 2.33. The molecule has 3 rings (SSSR count). The number of carbonyl (C=O) groups excluding carboxylic acids is 1. The molecule has 0 unspecified atom stereocenters. The van der Waals surface area contributed by atoms with Gasteiger partial charge in [0.15, 0.2) is 0 Å². The van der Waals surface area contributed by atoms with Crippen molar-refractivity contribution in [1.82, 2.24) is 15.1 Å². The highest BCUT2D eigenvalue weighted by Crippen LogP contribution is 2.35. The molecule has 1 aromatic heterocycles. The van der Waals surface area contributed by atoms with E-state index in [2.05, 4.69) is 17.0 Å². The van der Waals surface area contributed by atoms with Crippen molar-refractivity contribution in [2.45, 2.75) is 18.8 Å². The van der Waals surface area contributed by atoms with Gasteiger partial charge in [0.25, 0.3) is 0 Å². The van der Waals surface area contributed by atoms with Crippen LogP contribution in [0.4, 0.5) is 29.1 Å². The summed E-state index contributed by atoms with van der Waals surface area (Å²) in [7, 11) is 0. The standard InChI is InChI=1S/C16H14F4N4O/c1-2-14(25)22-11-8-23(15-5-6-21-24(15)9-11)13-4-3-10(7-12(13)17)16(18,19)20/h2-7,11H,1,8-9H2,(H,22,25)/t11-/m0/s1. The first-order valence-electron chi connectivity index (χ1n) is 7.38. The number of alkyl halides is 3. The lowest BCUT2D eigenvalue weighted by Gasteiger charge is -2.35. The molecule has 1 aromatic carbocycles. The van der Waals surface area contributed by atoms with Crippen molar-refractivity contribution in [1.29, 1.82) is 0 Å². The number of anilines is 2. The molecule has 5 nitrogen and oxygen atoms in total. The van der Waals surface area contributed by atoms with Gasteiger partial charge < -0.3 is 10.2 Å². The van der Waals surface area contributed by atoms with E-state index in [9.17, 15) is 22.4 Å². The largest absolute Gasteiger partial charge is 0.416 e. The zero-order valence-corrected chi connectivity index (χ0v) is 12.9. The van der Waals surface area contributed by atoms with E-state index in [1.54, 1.807) is 10.7 Å². The number of aromatic nitrogens is 2. The highest BCUT2D eigenvalue weighted by atomic mass is 19.4. The van der Waals surface area contributed by atoms with Gasteiger partial charge in [0.05, 0.1) is 30.0 Å². The molecule has 0 saturated carbocycles. The number of rotatable bonds is 3. The molecule has 9 heteroatoms. The van der Waals surface area contributed by atoms with E-state index in [4.69, 9.17) is 0 Å². The van der Waals surface area contributed by atoms with Crippen molar-refractivity contribution in [2.24, 2.45) is 0 Å². The molecule has 0 bridgehead atoms. The van der Waals surface area contributed by atoms with Crippen molar-refractivity contribution in [3.63, 3.8) is 0 Å². The molecule has 2 heterocycles. The van der Waals surface area contributed by atoms with Gasteiger partial charge in [-0.25, -0.2) is 9.07 Å². The number of hydrogen-bond donors (Lipinski definition) is 1. The third-order valence-corrected chi connectivity index (χ3v) is 3.86. The topological polar surface area (TPSA) is 50.2 Å². The molecule has 2 aromatic rings. The number of fused-ring (bicyclic) bond motifs is 1. The zero-order chi connectivity index (χ0) is 18.2. The number of benzene rings is 1. The first-order valence-corrected chi connectivity index (χ1v) is 7.38. The van der Waals surface area contributed by atoms with Gasteiger partial charge in [0.1, 0.15) is 11.6 Å². The number of amides is 1. The second kappa shape index (κ2) is 6.23. The Hall–Kier alpha value is -2.84. The van der Waals surface area contributed by atoms with Crippen molar-refractivity contribution in [3.05, 3.63) is 54.5 Å². The van der Waals surface area contributed by atoms with Crippen molar-refractivity contribution < 1.29 is 22.4 Å². The zero-order valence-electron chi connectivity index (χ0n) is 12.9. The summed E-state index contributed by atoms with van der Waals surface area (Å²) in [6.07, 6.45) is -2.01. The molecule has 0 fully saturated rings. The molecule has 1 aliphatic rings. The molecule has 1 aliphatic heterocycles. The average Bonchev–Trinajstić information content (AvgIpc) is 3.01. The minimum Gasteiger partial charge on any atom is -0.346 e. The fraction of sp³-hybridized carbons (Fsp3) is 0.250. The summed E-state index contributed by atoms with van der Waals surface area (Å²) in [5.74, 6) is -0.866. The quantitative estimate of drug-likeness (QED) is 0.681. The minimum atomic E-state index is -4.62. The number of hydrogen-bond acceptors (Lipinski definition) is 3. The smallest absolute Gasteiger partial charge is 0.346 e. The molecule has 25 heavy (non-hydrogen) atoms. The summed E-state index contributed by atoms with van der Waals surface area (Å²) in [5, 5.41) is 6.79. The second-order valence-electron chi connectivity index (χ2n) is 5.56. The Morgan fingerprint density at radius 2 is 2.08 bits per heavy atom. The molecule has 0 aliphatic carbocycles. The molecule has 0 saturated heterocycles. The van der Waals surface area contributed by atoms with Crippen LogP contribution in [-0.4, -0.2) is 28.3 Å². The van der Waals surface area contributed by atoms with E-state index in [0.29, 0.717) is 18.4 Å². The summed E-state index contributed by atoms with van der Waals surface area (Å²) < 4.78 is 54.1. The molecular formula is C16H14F4N4O. The lowest BCUT2D eigenvalue weighted by atomic mass is 10.1. The van der Waals surface area contributed by atoms with E-state index in [1.165, 1.54) is 11.1 Å². The Bertz CT molecular complexity index is 815. The van der Waals surface area contributed by atoms with Crippen molar-refractivity contribution in [3.8, 4) is 0 Å². The molecule has 132 valence electrons. The maximum absolute atomic E-state index is 14.3. The van der Waals surface area contributed by atoms with Gasteiger partial charge in [-0.15, -0.1) is 0 Å². The van der Waals surface area contributed by atoms with E-state index in [1.807, 2.05) is 0 Å². The lowest BCUT2D eigenvalue weighted by Crippen LogP contribution is -2.48. The highest BCUT2D eigenvalue weighted by molar-refractivity contribution is 5.87. The lowest BCUT2D eigenvalue weighted by molar-refractivity contribution is -0.137. The maximum Gasteiger partial charge on any atom is 0.416 e. The van der Waals surface area contributed by atoms with Gasteiger partial charge in [0.2, 0.25) is 5.91 Å². The second-order valence-corrected chi connectivity index (χ2v) is 5.56. The predicted octanol–water partition coefficient (Wildman–Crippen LogP) is 2.86. The van der Waals surface area contributed by atoms with Gasteiger partial charge in [0, 0.05) is 12.6 Å². The van der Waals surface area contributed by atoms with Crippen LogP contribution in [0.5, 0.6) is 0 Å². The van der Waals surface area contributed by atoms with E-state index in [-0.39, 0.29) is 12.2 Å². The van der Waals surface area contributed by atoms with Gasteiger partial charge in [-0.2, -0.15) is 18.3 Å². The fourth-order valence-electron chi connectivity index (χ4n) is 2.75. The summed E-state index contributed by atoms with van der Waals surface area (Å²) in [6, 6.07) is 3.59. The SMILES string of the molecule is C=CC(=O)N[C@H]1CN(c2ccc(C(F)(F)F)cc2F)c2ccnn2C1. The first-order chi connectivity index (χ1) is 11.8. The number of carbonyl (C=O) groups is 1. The van der Waals surface area contributed by atoms with Gasteiger partial charge in [-0.05, 0) is 24.3 Å². The average molecular weight is 354 g/mol. The maximum atomic E-state index is 14.3. The molecule has 1 amide bonds. The third kappa shape index (κ3) is 3.35. The van der Waals surface area contributed by atoms with Crippen LogP contribution in [-0.2, 0) is 17.5 Å². The van der Waals surface area contributed by atoms with Gasteiger partial charge >= 0.3 is 6.18 Å². The number of halogens is 4. The summed E-state index contributed by atoms with van der Waals surface area (Å²) in [4.78, 5) is 13.0. The van der Waals surface area contributed by atoms with E-state index < -0.39 is 29.5 Å². The van der Waals surface area contributed by atoms with Crippen molar-refractivity contribution in [2.75, 3.05) is 11.4 Å². The van der Waals surface area contributed by atoms with Crippen LogP contribution < -0.4 is 10.2 Å². The van der Waals surface area contributed by atoms with Crippen LogP contribution in [0.2, 0.25) is 0 Å². The fourth-order valence-corrected chi connectivity index (χ4v) is 2.75. The summed E-state index contributed by atoms with van der Waals surface area (Å²) >= 11 is 0. The number of nitrogens with zero attached hydrogens (tertiary/aromatic N) is 3. The Kier molecular flexibility index (Phi) is 4.23. The van der Waals surface area contributed by atoms with Crippen molar-refractivity contribution >= 4 is 17.4 Å². The molecular weight excluding hydrogens is 340 g/mol. The molecule has 0 radical (unpaired) electrons. The molecule has 1 N–H and O–H groups in total. The Morgan fingerprint density at radius 3 is 2.72 bits per heavy atom. The predicted molar refractivity (Wildman–Crippen MR) is 82.8 cm³/mol. The van der Waals surface area contributed by atoms with Crippen LogP contribution in [0.25, 0.3) is 0 Å². The Balaban J connectivity index is 1.95. The van der Waals surface area contributed by atoms with E-state index >= 15 is 0 Å². The first kappa shape index (κ1) is 17.0. The monoisotopic (exact) mass is 354 g/mol. The van der Waals surface area contributed by atoms with Crippen LogP contribution >= 0.6 is 0 Å². The van der Waals surface area contributed by atoms with Gasteiger partial charge in [-0.1, -0.05) is 6.58 Å². The summed E-state index contributed by atoms with van der Waals surface area (Å²) in [6.45, 7) is 3.92. The molecule has 0 spiro atoms. The van der Waals surface area contributed by atoms with Crippen LogP contribution in [0.15, 0.2) is 43.1 Å². The van der Waals surface area contributed by atoms with Gasteiger partial charge in [-0.3, -0.25) is 4.79 Å². The molecule has 1 atom stereocenters. The Labute approximate surface area is 140 Å². The number of nitrogens with one attached hydrogen (secondary N) is 1. The Morgan fingerprint density at radius 1 is 1.32 bits per heavy atom. The van der Waals surface area contributed by atoms with E-state index in [0.717, 1.165) is 18.2 Å². The summed E-state index contributed by atoms with van der Waals surface area (Å²) in [5.41, 5.74) is -1.08. The van der Waals surface area contributed by atoms with Crippen LogP contribution in [0.3, 0.4) is 0 Å². The normalized spacial score (nSPS) is 17.1. The minimum absolute atomic E-state index is 0.0210. The van der Waals surface area contributed by atoms with Crippen LogP contribution in [0, 0.1) is 5.82 Å². The third-order valence-electron chi connectivity index (χ3n) is 3.86. The van der Waals surface area contributed by atoms with Crippen LogP contribution in [0.1, 0.15) is 5.56 Å².